The molecule has 1 N–H and O–H groups in total. The highest BCUT2D eigenvalue weighted by Gasteiger charge is 2.54. The van der Waals surface area contributed by atoms with E-state index in [1.54, 1.807) is 12.4 Å². The molecule has 2 aromatic rings. The van der Waals surface area contributed by atoms with Gasteiger partial charge in [0, 0.05) is 36.3 Å². The Labute approximate surface area is 152 Å². The lowest BCUT2D eigenvalue weighted by molar-refractivity contribution is -0.146. The molecule has 4 aliphatic carbocycles. The van der Waals surface area contributed by atoms with Crippen LogP contribution in [0.5, 0.6) is 0 Å². The SMILES string of the molecule is O=C(NCCc1nnc(-c2ccncc2)o1)C12CC3CC(CC(C3)C1)C2. The van der Waals surface area contributed by atoms with Crippen LogP contribution in [0.3, 0.4) is 0 Å². The minimum Gasteiger partial charge on any atom is -0.421 e. The lowest BCUT2D eigenvalue weighted by Crippen LogP contribution is -2.53. The van der Waals surface area contributed by atoms with Crippen LogP contribution in [0.4, 0.5) is 0 Å². The van der Waals surface area contributed by atoms with Crippen LogP contribution in [0.2, 0.25) is 0 Å². The zero-order valence-electron chi connectivity index (χ0n) is 14.9. The van der Waals surface area contributed by atoms with Crippen molar-refractivity contribution in [1.29, 1.82) is 0 Å². The Bertz CT molecular complexity index is 766. The topological polar surface area (TPSA) is 80.9 Å². The van der Waals surface area contributed by atoms with Crippen LogP contribution in [0.25, 0.3) is 11.5 Å². The fourth-order valence-corrected chi connectivity index (χ4v) is 5.82. The quantitative estimate of drug-likeness (QED) is 0.894. The predicted octanol–water partition coefficient (Wildman–Crippen LogP) is 3.01. The van der Waals surface area contributed by atoms with Crippen molar-refractivity contribution in [3.63, 3.8) is 0 Å². The Morgan fingerprint density at radius 1 is 1.08 bits per heavy atom. The lowest BCUT2D eigenvalue weighted by atomic mass is 9.49. The van der Waals surface area contributed by atoms with Crippen molar-refractivity contribution in [2.45, 2.75) is 44.9 Å². The first-order valence-corrected chi connectivity index (χ1v) is 9.71. The number of hydrogen-bond donors (Lipinski definition) is 1. The van der Waals surface area contributed by atoms with Crippen LogP contribution in [0, 0.1) is 23.2 Å². The molecule has 26 heavy (non-hydrogen) atoms. The maximum Gasteiger partial charge on any atom is 0.247 e. The Balaban J connectivity index is 1.19. The number of aromatic nitrogens is 3. The maximum absolute atomic E-state index is 12.9. The molecule has 2 heterocycles. The van der Waals surface area contributed by atoms with Crippen molar-refractivity contribution in [2.75, 3.05) is 6.54 Å². The summed E-state index contributed by atoms with van der Waals surface area (Å²) in [7, 11) is 0. The first-order valence-electron chi connectivity index (χ1n) is 9.71. The summed E-state index contributed by atoms with van der Waals surface area (Å²) in [5, 5.41) is 11.3. The largest absolute Gasteiger partial charge is 0.421 e. The van der Waals surface area contributed by atoms with Gasteiger partial charge in [-0.1, -0.05) is 0 Å². The van der Waals surface area contributed by atoms with Crippen molar-refractivity contribution >= 4 is 5.91 Å². The Morgan fingerprint density at radius 2 is 1.73 bits per heavy atom. The molecular formula is C20H24N4O2. The monoisotopic (exact) mass is 352 g/mol. The maximum atomic E-state index is 12.9. The Hall–Kier alpha value is -2.24. The molecule has 0 atom stereocenters. The summed E-state index contributed by atoms with van der Waals surface area (Å²) in [6, 6.07) is 3.68. The second-order valence-corrected chi connectivity index (χ2v) is 8.44. The van der Waals surface area contributed by atoms with E-state index in [0.29, 0.717) is 24.7 Å². The molecule has 1 amide bonds. The molecular weight excluding hydrogens is 328 g/mol. The van der Waals surface area contributed by atoms with Gasteiger partial charge in [0.1, 0.15) is 0 Å². The zero-order valence-corrected chi connectivity index (χ0v) is 14.9. The molecule has 6 nitrogen and oxygen atoms in total. The first kappa shape index (κ1) is 16.0. The second kappa shape index (κ2) is 6.18. The van der Waals surface area contributed by atoms with Gasteiger partial charge in [-0.2, -0.15) is 0 Å². The molecule has 0 spiro atoms. The highest BCUT2D eigenvalue weighted by Crippen LogP contribution is 2.60. The van der Waals surface area contributed by atoms with Gasteiger partial charge in [0.05, 0.1) is 0 Å². The minimum atomic E-state index is -0.0915. The number of carbonyl (C=O) groups excluding carboxylic acids is 1. The number of nitrogens with zero attached hydrogens (tertiary/aromatic N) is 3. The van der Waals surface area contributed by atoms with Crippen molar-refractivity contribution in [1.82, 2.24) is 20.5 Å². The lowest BCUT2D eigenvalue weighted by Gasteiger charge is -2.55. The van der Waals surface area contributed by atoms with Crippen LogP contribution >= 0.6 is 0 Å². The number of nitrogens with one attached hydrogen (secondary N) is 1. The Morgan fingerprint density at radius 3 is 2.38 bits per heavy atom. The fourth-order valence-electron chi connectivity index (χ4n) is 5.82. The van der Waals surface area contributed by atoms with Gasteiger partial charge >= 0.3 is 0 Å². The van der Waals surface area contributed by atoms with Gasteiger partial charge in [-0.05, 0) is 68.4 Å². The molecule has 4 bridgehead atoms. The number of rotatable bonds is 5. The van der Waals surface area contributed by atoms with Crippen LogP contribution in [0.1, 0.15) is 44.4 Å². The van der Waals surface area contributed by atoms with Crippen molar-refractivity contribution < 1.29 is 9.21 Å². The highest BCUT2D eigenvalue weighted by molar-refractivity contribution is 5.83. The molecule has 6 heteroatoms. The molecule has 0 saturated heterocycles. The molecule has 4 saturated carbocycles. The third-order valence-corrected chi connectivity index (χ3v) is 6.54. The van der Waals surface area contributed by atoms with Crippen LogP contribution in [0.15, 0.2) is 28.9 Å². The third-order valence-electron chi connectivity index (χ3n) is 6.54. The van der Waals surface area contributed by atoms with Gasteiger partial charge in [0.25, 0.3) is 0 Å². The molecule has 4 aliphatic rings. The number of carbonyl (C=O) groups is 1. The van der Waals surface area contributed by atoms with Crippen molar-refractivity contribution in [3.8, 4) is 11.5 Å². The predicted molar refractivity (Wildman–Crippen MR) is 94.8 cm³/mol. The third kappa shape index (κ3) is 2.81. The normalized spacial score (nSPS) is 31.9. The van der Waals surface area contributed by atoms with Crippen molar-refractivity contribution in [3.05, 3.63) is 30.4 Å². The van der Waals surface area contributed by atoms with E-state index in [9.17, 15) is 4.79 Å². The second-order valence-electron chi connectivity index (χ2n) is 8.44. The number of amides is 1. The molecule has 2 aromatic heterocycles. The average molecular weight is 352 g/mol. The van der Waals surface area contributed by atoms with E-state index < -0.39 is 0 Å². The highest BCUT2D eigenvalue weighted by atomic mass is 16.4. The summed E-state index contributed by atoms with van der Waals surface area (Å²) in [5.74, 6) is 3.66. The van der Waals surface area contributed by atoms with Crippen LogP contribution < -0.4 is 5.32 Å². The molecule has 0 aliphatic heterocycles. The summed E-state index contributed by atoms with van der Waals surface area (Å²) in [6.07, 6.45) is 11.3. The van der Waals surface area contributed by atoms with E-state index in [1.165, 1.54) is 19.3 Å². The molecule has 136 valence electrons. The van der Waals surface area contributed by atoms with E-state index in [2.05, 4.69) is 20.5 Å². The number of pyridine rings is 1. The van der Waals surface area contributed by atoms with E-state index in [1.807, 2.05) is 12.1 Å². The molecule has 0 radical (unpaired) electrons. The van der Waals surface area contributed by atoms with Gasteiger partial charge in [0.2, 0.25) is 17.7 Å². The minimum absolute atomic E-state index is 0.0915. The van der Waals surface area contributed by atoms with E-state index in [-0.39, 0.29) is 11.3 Å². The Kier molecular flexibility index (Phi) is 3.80. The first-order chi connectivity index (χ1) is 12.7. The van der Waals surface area contributed by atoms with Gasteiger partial charge in [-0.15, -0.1) is 10.2 Å². The van der Waals surface area contributed by atoms with E-state index in [4.69, 9.17) is 4.42 Å². The molecule has 0 unspecified atom stereocenters. The summed E-state index contributed by atoms with van der Waals surface area (Å²) in [4.78, 5) is 16.9. The van der Waals surface area contributed by atoms with Crippen LogP contribution in [-0.2, 0) is 11.2 Å². The van der Waals surface area contributed by atoms with Gasteiger partial charge in [-0.3, -0.25) is 9.78 Å². The molecule has 6 rings (SSSR count). The molecule has 0 aromatic carbocycles. The van der Waals surface area contributed by atoms with Crippen LogP contribution in [-0.4, -0.2) is 27.6 Å². The smallest absolute Gasteiger partial charge is 0.247 e. The standard InChI is InChI=1S/C20H24N4O2/c25-19(20-10-13-7-14(11-20)9-15(8-13)12-20)22-6-3-17-23-24-18(26-17)16-1-4-21-5-2-16/h1-2,4-5,13-15H,3,6-12H2,(H,22,25). The van der Waals surface area contributed by atoms with E-state index in [0.717, 1.165) is 42.6 Å². The summed E-state index contributed by atoms with van der Waals surface area (Å²) < 4.78 is 5.70. The summed E-state index contributed by atoms with van der Waals surface area (Å²) in [5.41, 5.74) is 0.766. The van der Waals surface area contributed by atoms with E-state index >= 15 is 0 Å². The zero-order chi connectivity index (χ0) is 17.6. The van der Waals surface area contributed by atoms with Gasteiger partial charge < -0.3 is 9.73 Å². The molecule has 4 fully saturated rings. The van der Waals surface area contributed by atoms with Gasteiger partial charge in [0.15, 0.2) is 0 Å². The van der Waals surface area contributed by atoms with Crippen molar-refractivity contribution in [2.24, 2.45) is 23.2 Å². The summed E-state index contributed by atoms with van der Waals surface area (Å²) >= 11 is 0. The van der Waals surface area contributed by atoms with Gasteiger partial charge in [-0.25, -0.2) is 0 Å². The number of hydrogen-bond acceptors (Lipinski definition) is 5. The average Bonchev–Trinajstić information content (AvgIpc) is 3.10. The fraction of sp³-hybridized carbons (Fsp3) is 0.600. The summed E-state index contributed by atoms with van der Waals surface area (Å²) in [6.45, 7) is 0.554.